The van der Waals surface area contributed by atoms with Gasteiger partial charge in [0.15, 0.2) is 0 Å². The number of hydrogen-bond donors (Lipinski definition) is 1. The molecule has 1 saturated heterocycles. The molecule has 0 aromatic heterocycles. The molecule has 0 bridgehead atoms. The maximum absolute atomic E-state index is 6.65. The van der Waals surface area contributed by atoms with Crippen molar-refractivity contribution in [3.8, 4) is 0 Å². The van der Waals surface area contributed by atoms with Crippen LogP contribution in [-0.4, -0.2) is 24.3 Å². The largest absolute Gasteiger partial charge is 0.366 e. The van der Waals surface area contributed by atoms with Crippen molar-refractivity contribution >= 4 is 0 Å². The first-order valence-electron chi connectivity index (χ1n) is 7.61. The summed E-state index contributed by atoms with van der Waals surface area (Å²) in [6.45, 7) is 4.49. The monoisotopic (exact) mass is 237 g/mol. The molecule has 1 heterocycles. The molecule has 3 aliphatic rings. The van der Waals surface area contributed by atoms with Crippen LogP contribution in [0, 0.1) is 5.92 Å². The molecule has 2 nitrogen and oxygen atoms in total. The third-order valence-corrected chi connectivity index (χ3v) is 5.12. The fourth-order valence-corrected chi connectivity index (χ4v) is 4.05. The lowest BCUT2D eigenvalue weighted by Crippen LogP contribution is -2.60. The highest BCUT2D eigenvalue weighted by molar-refractivity contribution is 4.97. The van der Waals surface area contributed by atoms with Gasteiger partial charge in [0.25, 0.3) is 0 Å². The molecule has 3 fully saturated rings. The van der Waals surface area contributed by atoms with E-state index in [4.69, 9.17) is 4.74 Å². The van der Waals surface area contributed by atoms with E-state index < -0.39 is 0 Å². The summed E-state index contributed by atoms with van der Waals surface area (Å²) >= 11 is 0. The number of morpholine rings is 1. The molecular weight excluding hydrogens is 210 g/mol. The van der Waals surface area contributed by atoms with Gasteiger partial charge in [-0.3, -0.25) is 0 Å². The van der Waals surface area contributed by atoms with E-state index >= 15 is 0 Å². The van der Waals surface area contributed by atoms with Crippen molar-refractivity contribution < 1.29 is 4.74 Å². The van der Waals surface area contributed by atoms with Crippen LogP contribution < -0.4 is 5.32 Å². The van der Waals surface area contributed by atoms with Gasteiger partial charge in [0, 0.05) is 13.1 Å². The van der Waals surface area contributed by atoms with Crippen molar-refractivity contribution in [3.05, 3.63) is 0 Å². The molecule has 1 N–H and O–H groups in total. The molecule has 0 aromatic carbocycles. The Balaban J connectivity index is 1.64. The zero-order valence-electron chi connectivity index (χ0n) is 11.3. The third-order valence-electron chi connectivity index (χ3n) is 5.12. The van der Waals surface area contributed by atoms with E-state index in [9.17, 15) is 0 Å². The van der Waals surface area contributed by atoms with Gasteiger partial charge >= 0.3 is 0 Å². The Morgan fingerprint density at radius 1 is 1.06 bits per heavy atom. The van der Waals surface area contributed by atoms with Crippen LogP contribution in [0.2, 0.25) is 0 Å². The lowest BCUT2D eigenvalue weighted by molar-refractivity contribution is -0.192. The minimum atomic E-state index is 0.112. The Kier molecular flexibility index (Phi) is 3.20. The van der Waals surface area contributed by atoms with E-state index in [-0.39, 0.29) is 11.2 Å². The minimum absolute atomic E-state index is 0.112. The Bertz CT molecular complexity index is 263. The number of rotatable bonds is 2. The fraction of sp³-hybridized carbons (Fsp3) is 1.00. The highest BCUT2D eigenvalue weighted by Gasteiger charge is 2.44. The number of nitrogens with one attached hydrogen (secondary N) is 1. The molecule has 0 aromatic rings. The maximum atomic E-state index is 6.65. The van der Waals surface area contributed by atoms with Crippen molar-refractivity contribution in [2.75, 3.05) is 13.1 Å². The van der Waals surface area contributed by atoms with Crippen molar-refractivity contribution in [1.82, 2.24) is 5.32 Å². The van der Waals surface area contributed by atoms with Gasteiger partial charge in [0.2, 0.25) is 0 Å². The standard InChI is InChI=1S/C15H27NO/c1-14(10-13-6-5-7-13)11-16-12-15(17-14)8-3-2-4-9-15/h13,16H,2-12H2,1H3. The quantitative estimate of drug-likeness (QED) is 0.796. The number of hydrogen-bond acceptors (Lipinski definition) is 2. The molecule has 1 aliphatic heterocycles. The molecule has 2 aliphatic carbocycles. The summed E-state index contributed by atoms with van der Waals surface area (Å²) in [7, 11) is 0. The molecule has 1 spiro atoms. The van der Waals surface area contributed by atoms with E-state index in [0.717, 1.165) is 19.0 Å². The van der Waals surface area contributed by atoms with E-state index in [0.29, 0.717) is 0 Å². The summed E-state index contributed by atoms with van der Waals surface area (Å²) in [5.41, 5.74) is 0.301. The SMILES string of the molecule is CC1(CC2CCC2)CNCC2(CCCCC2)O1. The van der Waals surface area contributed by atoms with E-state index in [1.54, 1.807) is 0 Å². The summed E-state index contributed by atoms with van der Waals surface area (Å²) in [6, 6.07) is 0. The first kappa shape index (κ1) is 12.0. The van der Waals surface area contributed by atoms with Crippen molar-refractivity contribution in [2.24, 2.45) is 5.92 Å². The maximum Gasteiger partial charge on any atom is 0.0814 e. The van der Waals surface area contributed by atoms with Crippen LogP contribution in [0.15, 0.2) is 0 Å². The van der Waals surface area contributed by atoms with Crippen molar-refractivity contribution in [3.63, 3.8) is 0 Å². The molecule has 2 saturated carbocycles. The van der Waals surface area contributed by atoms with Gasteiger partial charge in [-0.1, -0.05) is 38.5 Å². The zero-order valence-corrected chi connectivity index (χ0v) is 11.3. The Morgan fingerprint density at radius 2 is 1.82 bits per heavy atom. The van der Waals surface area contributed by atoms with Crippen LogP contribution in [0.5, 0.6) is 0 Å². The van der Waals surface area contributed by atoms with Crippen molar-refractivity contribution in [1.29, 1.82) is 0 Å². The van der Waals surface area contributed by atoms with E-state index in [1.807, 2.05) is 0 Å². The summed E-state index contributed by atoms with van der Waals surface area (Å²) in [6.07, 6.45) is 12.3. The van der Waals surface area contributed by atoms with Gasteiger partial charge in [0.1, 0.15) is 0 Å². The number of ether oxygens (including phenoxy) is 1. The van der Waals surface area contributed by atoms with Crippen LogP contribution in [0.3, 0.4) is 0 Å². The van der Waals surface area contributed by atoms with E-state index in [2.05, 4.69) is 12.2 Å². The average molecular weight is 237 g/mol. The molecule has 98 valence electrons. The van der Waals surface area contributed by atoms with Gasteiger partial charge < -0.3 is 10.1 Å². The second-order valence-electron chi connectivity index (χ2n) is 6.90. The molecular formula is C15H27NO. The highest BCUT2D eigenvalue weighted by Crippen LogP contribution is 2.42. The summed E-state index contributed by atoms with van der Waals surface area (Å²) in [5, 5.41) is 3.66. The van der Waals surface area contributed by atoms with Gasteiger partial charge in [-0.2, -0.15) is 0 Å². The molecule has 1 unspecified atom stereocenters. The summed E-state index contributed by atoms with van der Waals surface area (Å²) < 4.78 is 6.65. The predicted octanol–water partition coefficient (Wildman–Crippen LogP) is 3.26. The Labute approximate surface area is 105 Å². The van der Waals surface area contributed by atoms with Crippen molar-refractivity contribution in [2.45, 2.75) is 75.9 Å². The predicted molar refractivity (Wildman–Crippen MR) is 70.1 cm³/mol. The Hall–Kier alpha value is -0.0800. The second kappa shape index (κ2) is 4.55. The zero-order chi connectivity index (χ0) is 11.8. The van der Waals surface area contributed by atoms with Gasteiger partial charge in [-0.15, -0.1) is 0 Å². The first-order valence-corrected chi connectivity index (χ1v) is 7.61. The van der Waals surface area contributed by atoms with Gasteiger partial charge in [-0.25, -0.2) is 0 Å². The van der Waals surface area contributed by atoms with E-state index in [1.165, 1.54) is 57.8 Å². The Morgan fingerprint density at radius 3 is 2.47 bits per heavy atom. The van der Waals surface area contributed by atoms with Crippen LogP contribution in [-0.2, 0) is 4.74 Å². The molecule has 17 heavy (non-hydrogen) atoms. The third kappa shape index (κ3) is 2.53. The minimum Gasteiger partial charge on any atom is -0.366 e. The second-order valence-corrected chi connectivity index (χ2v) is 6.90. The lowest BCUT2D eigenvalue weighted by Gasteiger charge is -2.50. The highest BCUT2D eigenvalue weighted by atomic mass is 16.5. The van der Waals surface area contributed by atoms with Crippen LogP contribution in [0.25, 0.3) is 0 Å². The van der Waals surface area contributed by atoms with Gasteiger partial charge in [-0.05, 0) is 32.1 Å². The molecule has 3 rings (SSSR count). The van der Waals surface area contributed by atoms with Crippen LogP contribution in [0.4, 0.5) is 0 Å². The molecule has 0 amide bonds. The molecule has 1 atom stereocenters. The van der Waals surface area contributed by atoms with Gasteiger partial charge in [0.05, 0.1) is 11.2 Å². The topological polar surface area (TPSA) is 21.3 Å². The smallest absolute Gasteiger partial charge is 0.0814 e. The average Bonchev–Trinajstić information content (AvgIpc) is 2.25. The molecule has 2 heteroatoms. The fourth-order valence-electron chi connectivity index (χ4n) is 4.05. The first-order chi connectivity index (χ1) is 8.20. The van der Waals surface area contributed by atoms with Crippen LogP contribution >= 0.6 is 0 Å². The lowest BCUT2D eigenvalue weighted by atomic mass is 9.75. The van der Waals surface area contributed by atoms with Crippen LogP contribution in [0.1, 0.15) is 64.7 Å². The summed E-state index contributed by atoms with van der Waals surface area (Å²) in [5.74, 6) is 0.945. The summed E-state index contributed by atoms with van der Waals surface area (Å²) in [4.78, 5) is 0. The molecule has 0 radical (unpaired) electrons. The normalized spacial score (nSPS) is 37.9.